The predicted molar refractivity (Wildman–Crippen MR) is 86.7 cm³/mol. The minimum atomic E-state index is -3.20. The summed E-state index contributed by atoms with van der Waals surface area (Å²) in [5.74, 6) is -1.94. The van der Waals surface area contributed by atoms with E-state index in [4.69, 9.17) is 5.11 Å². The van der Waals surface area contributed by atoms with E-state index in [1.54, 1.807) is 25.1 Å². The fourth-order valence-corrected chi connectivity index (χ4v) is 2.88. The lowest BCUT2D eigenvalue weighted by Crippen LogP contribution is -2.16. The standard InChI is InChI=1S/C15H15N3O5S/c1-9-10(8-24(2,22)23)4-3-5-11(9)18-14(19)12-6-17-13(7-16-12)15(20)21/h3-7H,8H2,1-2H3,(H,18,19)(H,20,21). The average Bonchev–Trinajstić information content (AvgIpc) is 2.50. The van der Waals surface area contributed by atoms with Crippen molar-refractivity contribution in [2.75, 3.05) is 11.6 Å². The number of carbonyl (C=O) groups excluding carboxylic acids is 1. The molecule has 2 aromatic rings. The molecule has 1 amide bonds. The number of hydrogen-bond donors (Lipinski definition) is 2. The summed E-state index contributed by atoms with van der Waals surface area (Å²) in [5.41, 5.74) is 1.35. The van der Waals surface area contributed by atoms with Gasteiger partial charge in [0.05, 0.1) is 18.1 Å². The van der Waals surface area contributed by atoms with Gasteiger partial charge < -0.3 is 10.4 Å². The van der Waals surface area contributed by atoms with Crippen molar-refractivity contribution < 1.29 is 23.1 Å². The fourth-order valence-electron chi connectivity index (χ4n) is 2.00. The molecular formula is C15H15N3O5S. The molecule has 0 atom stereocenters. The van der Waals surface area contributed by atoms with E-state index in [2.05, 4.69) is 15.3 Å². The minimum absolute atomic E-state index is 0.0482. The van der Waals surface area contributed by atoms with Crippen molar-refractivity contribution in [2.24, 2.45) is 0 Å². The Bertz CT molecular complexity index is 892. The Morgan fingerprint density at radius 2 is 1.79 bits per heavy atom. The van der Waals surface area contributed by atoms with Crippen LogP contribution < -0.4 is 5.32 Å². The molecule has 1 aromatic heterocycles. The molecule has 9 heteroatoms. The zero-order valence-electron chi connectivity index (χ0n) is 13.0. The van der Waals surface area contributed by atoms with Gasteiger partial charge in [0.25, 0.3) is 5.91 Å². The van der Waals surface area contributed by atoms with Crippen LogP contribution in [0.2, 0.25) is 0 Å². The quantitative estimate of drug-likeness (QED) is 0.832. The van der Waals surface area contributed by atoms with Crippen molar-refractivity contribution in [1.29, 1.82) is 0 Å². The summed E-state index contributed by atoms with van der Waals surface area (Å²) >= 11 is 0. The Labute approximate surface area is 138 Å². The Kier molecular flexibility index (Phi) is 4.93. The molecule has 1 heterocycles. The molecule has 0 bridgehead atoms. The van der Waals surface area contributed by atoms with E-state index in [1.807, 2.05) is 0 Å². The summed E-state index contributed by atoms with van der Waals surface area (Å²) in [5, 5.41) is 11.4. The van der Waals surface area contributed by atoms with Crippen molar-refractivity contribution in [2.45, 2.75) is 12.7 Å². The molecule has 0 radical (unpaired) electrons. The molecule has 0 saturated heterocycles. The van der Waals surface area contributed by atoms with E-state index in [0.29, 0.717) is 16.8 Å². The molecule has 1 aromatic carbocycles. The number of carboxylic acids is 1. The molecule has 8 nitrogen and oxygen atoms in total. The Morgan fingerprint density at radius 1 is 1.17 bits per heavy atom. The monoisotopic (exact) mass is 349 g/mol. The third kappa shape index (κ3) is 4.35. The molecule has 2 N–H and O–H groups in total. The van der Waals surface area contributed by atoms with Crippen LogP contribution >= 0.6 is 0 Å². The van der Waals surface area contributed by atoms with Gasteiger partial charge in [-0.25, -0.2) is 23.2 Å². The van der Waals surface area contributed by atoms with Gasteiger partial charge in [0.2, 0.25) is 0 Å². The van der Waals surface area contributed by atoms with Gasteiger partial charge in [-0.1, -0.05) is 12.1 Å². The van der Waals surface area contributed by atoms with E-state index >= 15 is 0 Å². The van der Waals surface area contributed by atoms with Gasteiger partial charge in [-0.05, 0) is 24.1 Å². The van der Waals surface area contributed by atoms with Crippen LogP contribution in [-0.4, -0.2) is 41.6 Å². The lowest BCUT2D eigenvalue weighted by atomic mass is 10.1. The summed E-state index contributed by atoms with van der Waals surface area (Å²) in [4.78, 5) is 30.3. The number of benzene rings is 1. The molecule has 0 fully saturated rings. The maximum Gasteiger partial charge on any atom is 0.356 e. The fraction of sp³-hybridized carbons (Fsp3) is 0.200. The number of carbonyl (C=O) groups is 2. The third-order valence-corrected chi connectivity index (χ3v) is 4.05. The maximum atomic E-state index is 12.2. The van der Waals surface area contributed by atoms with E-state index in [1.165, 1.54) is 0 Å². The number of sulfone groups is 1. The molecule has 2 rings (SSSR count). The Morgan fingerprint density at radius 3 is 2.33 bits per heavy atom. The normalized spacial score (nSPS) is 11.1. The number of carboxylic acid groups (broad SMARTS) is 1. The number of aromatic carboxylic acids is 1. The third-order valence-electron chi connectivity index (χ3n) is 3.22. The van der Waals surface area contributed by atoms with Crippen LogP contribution in [0, 0.1) is 6.92 Å². The number of amides is 1. The van der Waals surface area contributed by atoms with Crippen LogP contribution in [0.25, 0.3) is 0 Å². The van der Waals surface area contributed by atoms with E-state index in [-0.39, 0.29) is 17.1 Å². The maximum absolute atomic E-state index is 12.2. The zero-order chi connectivity index (χ0) is 17.9. The van der Waals surface area contributed by atoms with Crippen LogP contribution in [0.1, 0.15) is 32.1 Å². The summed E-state index contributed by atoms with van der Waals surface area (Å²) in [6.07, 6.45) is 3.19. The van der Waals surface area contributed by atoms with Gasteiger partial charge in [0.15, 0.2) is 15.5 Å². The van der Waals surface area contributed by atoms with Gasteiger partial charge >= 0.3 is 5.97 Å². The predicted octanol–water partition coefficient (Wildman–Crippen LogP) is 1.28. The second kappa shape index (κ2) is 6.75. The van der Waals surface area contributed by atoms with E-state index < -0.39 is 21.7 Å². The summed E-state index contributed by atoms with van der Waals surface area (Å²) < 4.78 is 22.9. The number of aromatic nitrogens is 2. The van der Waals surface area contributed by atoms with E-state index in [0.717, 1.165) is 18.6 Å². The number of nitrogens with zero attached hydrogens (tertiary/aromatic N) is 2. The van der Waals surface area contributed by atoms with Crippen molar-refractivity contribution >= 4 is 27.4 Å². The zero-order valence-corrected chi connectivity index (χ0v) is 13.8. The molecule has 0 spiro atoms. The first-order valence-electron chi connectivity index (χ1n) is 6.80. The van der Waals surface area contributed by atoms with Crippen LogP contribution in [0.4, 0.5) is 5.69 Å². The van der Waals surface area contributed by atoms with Gasteiger partial charge in [0, 0.05) is 11.9 Å². The van der Waals surface area contributed by atoms with Crippen LogP contribution in [-0.2, 0) is 15.6 Å². The average molecular weight is 349 g/mol. The number of anilines is 1. The van der Waals surface area contributed by atoms with Gasteiger partial charge in [-0.15, -0.1) is 0 Å². The molecule has 24 heavy (non-hydrogen) atoms. The topological polar surface area (TPSA) is 126 Å². The lowest BCUT2D eigenvalue weighted by molar-refractivity contribution is 0.0689. The molecule has 0 aliphatic carbocycles. The highest BCUT2D eigenvalue weighted by molar-refractivity contribution is 7.89. The molecule has 0 saturated carbocycles. The van der Waals surface area contributed by atoms with Crippen molar-refractivity contribution in [3.8, 4) is 0 Å². The molecule has 0 aliphatic heterocycles. The van der Waals surface area contributed by atoms with Crippen molar-refractivity contribution in [1.82, 2.24) is 9.97 Å². The number of rotatable bonds is 5. The van der Waals surface area contributed by atoms with Crippen LogP contribution in [0.3, 0.4) is 0 Å². The largest absolute Gasteiger partial charge is 0.476 e. The first-order chi connectivity index (χ1) is 11.2. The van der Waals surface area contributed by atoms with Gasteiger partial charge in [-0.3, -0.25) is 4.79 Å². The smallest absolute Gasteiger partial charge is 0.356 e. The summed E-state index contributed by atoms with van der Waals surface area (Å²) in [6, 6.07) is 4.95. The Hall–Kier alpha value is -2.81. The second-order valence-electron chi connectivity index (χ2n) is 5.21. The number of hydrogen-bond acceptors (Lipinski definition) is 6. The molecule has 0 aliphatic rings. The SMILES string of the molecule is Cc1c(CS(C)(=O)=O)cccc1NC(=O)c1cnc(C(=O)O)cn1. The molecule has 126 valence electrons. The highest BCUT2D eigenvalue weighted by Gasteiger charge is 2.14. The van der Waals surface area contributed by atoms with Crippen molar-refractivity contribution in [3.05, 3.63) is 53.1 Å². The summed E-state index contributed by atoms with van der Waals surface area (Å²) in [7, 11) is -3.20. The Balaban J connectivity index is 2.23. The van der Waals surface area contributed by atoms with E-state index in [9.17, 15) is 18.0 Å². The second-order valence-corrected chi connectivity index (χ2v) is 7.35. The molecular weight excluding hydrogens is 334 g/mol. The van der Waals surface area contributed by atoms with Crippen molar-refractivity contribution in [3.63, 3.8) is 0 Å². The highest BCUT2D eigenvalue weighted by atomic mass is 32.2. The highest BCUT2D eigenvalue weighted by Crippen LogP contribution is 2.21. The van der Waals surface area contributed by atoms with Gasteiger partial charge in [-0.2, -0.15) is 0 Å². The number of nitrogens with one attached hydrogen (secondary N) is 1. The summed E-state index contributed by atoms with van der Waals surface area (Å²) in [6.45, 7) is 1.70. The molecule has 0 unspecified atom stereocenters. The first kappa shape index (κ1) is 17.5. The van der Waals surface area contributed by atoms with Crippen LogP contribution in [0.15, 0.2) is 30.6 Å². The lowest BCUT2D eigenvalue weighted by Gasteiger charge is -2.11. The minimum Gasteiger partial charge on any atom is -0.476 e. The van der Waals surface area contributed by atoms with Crippen LogP contribution in [0.5, 0.6) is 0 Å². The first-order valence-corrected chi connectivity index (χ1v) is 8.86. The van der Waals surface area contributed by atoms with Gasteiger partial charge in [0.1, 0.15) is 5.69 Å².